The number of carbonyl (C=O) groups excluding carboxylic acids is 6. The minimum absolute atomic E-state index is 0.0149. The fourth-order valence-electron chi connectivity index (χ4n) is 16.5. The predicted octanol–water partition coefficient (Wildman–Crippen LogP) is 14.1. The molecule has 0 saturated carbocycles. The van der Waals surface area contributed by atoms with Gasteiger partial charge in [0.1, 0.15) is 37.4 Å². The molecule has 34 nitrogen and oxygen atoms in total. The Morgan fingerprint density at radius 2 is 0.964 bits per heavy atom. The summed E-state index contributed by atoms with van der Waals surface area (Å²) in [6.07, 6.45) is 7.01. The molecule has 11 aromatic rings. The Kier molecular flexibility index (Phi) is 35.9. The van der Waals surface area contributed by atoms with Gasteiger partial charge in [0.05, 0.1) is 93.0 Å². The number of fused-ring (bicyclic) bond motifs is 6. The number of anilines is 2. The van der Waals surface area contributed by atoms with Crippen molar-refractivity contribution in [2.45, 2.75) is 75.5 Å². The van der Waals surface area contributed by atoms with Crippen LogP contribution in [0, 0.1) is 22.0 Å². The van der Waals surface area contributed by atoms with Crippen molar-refractivity contribution in [1.29, 1.82) is 0 Å². The maximum absolute atomic E-state index is 13.1. The zero-order valence-corrected chi connectivity index (χ0v) is 83.4. The average molecular weight is 1970 g/mol. The summed E-state index contributed by atoms with van der Waals surface area (Å²) in [5.41, 5.74) is 10.1. The molecular formula is C101H111N10O24P4-3. The molecule has 4 amide bonds. The summed E-state index contributed by atoms with van der Waals surface area (Å²) < 4.78 is 86.7. The first-order chi connectivity index (χ1) is 65.7. The molecule has 0 bridgehead atoms. The molecule has 139 heavy (non-hydrogen) atoms. The van der Waals surface area contributed by atoms with Crippen molar-refractivity contribution in [1.82, 2.24) is 21.3 Å². The van der Waals surface area contributed by atoms with Crippen LogP contribution in [0.1, 0.15) is 120 Å². The molecule has 4 unspecified atom stereocenters. The number of amides is 4. The van der Waals surface area contributed by atoms with E-state index in [1.54, 1.807) is 42.5 Å². The van der Waals surface area contributed by atoms with Gasteiger partial charge in [-0.3, -0.25) is 38.9 Å². The number of hydrogen-bond acceptors (Lipinski definition) is 28. The number of likely N-dealkylation sites (N-methyl/N-ethyl adjacent to an activating group) is 1. The molecule has 0 fully saturated rings. The number of nitrogens with one attached hydrogen (secondary N) is 4. The lowest BCUT2D eigenvalue weighted by Crippen LogP contribution is -2.41. The van der Waals surface area contributed by atoms with Crippen LogP contribution in [0.3, 0.4) is 0 Å². The molecular weight excluding hydrogens is 1860 g/mol. The Morgan fingerprint density at radius 3 is 1.47 bits per heavy atom. The van der Waals surface area contributed by atoms with Crippen LogP contribution in [0.4, 0.5) is 34.1 Å². The summed E-state index contributed by atoms with van der Waals surface area (Å²) in [6.45, 7) is 12.0. The molecule has 0 aromatic heterocycles. The Bertz CT molecular complexity index is 6800. The number of azo groups is 1. The first-order valence-corrected chi connectivity index (χ1v) is 52.0. The molecule has 3 aliphatic rings. The number of para-hydroxylation sites is 1. The number of rotatable bonds is 35. The van der Waals surface area contributed by atoms with Gasteiger partial charge < -0.3 is 106 Å². The Labute approximate surface area is 805 Å². The molecule has 0 saturated heterocycles. The van der Waals surface area contributed by atoms with Gasteiger partial charge in [0.15, 0.2) is 23.0 Å². The normalized spacial score (nSPS) is 16.3. The van der Waals surface area contributed by atoms with Gasteiger partial charge in [-0.2, -0.15) is 9.69 Å². The van der Waals surface area contributed by atoms with E-state index in [9.17, 15) is 76.7 Å². The monoisotopic (exact) mass is 1970 g/mol. The Morgan fingerprint density at radius 1 is 0.511 bits per heavy atom. The lowest BCUT2D eigenvalue weighted by molar-refractivity contribution is -0.401. The maximum Gasteiger partial charge on any atom is 0.297 e. The third-order valence-corrected chi connectivity index (χ3v) is 25.6. The number of benzene rings is 11. The third kappa shape index (κ3) is 27.7. The van der Waals surface area contributed by atoms with Crippen molar-refractivity contribution in [2.24, 2.45) is 10.2 Å². The second-order valence-corrected chi connectivity index (χ2v) is 41.9. The molecule has 1 aliphatic carbocycles. The molecule has 0 spiro atoms. The molecule has 38 heteroatoms. The SMILES string of the molecule is COC[C@@H](COP(C)(=O)[O-])NC(=O)CCC#Cc1ccc2c3cccc4cccc(c5cccc1c52)c43.COC[C@@H](COP(C)(=O)[O-])NC(=O)c1ccc(N=Nc2ccc(N(C)C)cc2)c([N+](=O)[O-])c1.COC[C@@H](COP(C)(=O)[O-])NC(=O)c1ccc2c(c1)C(=O)c1ccccc1C2=O.COC[C@@H](COP(C)(=O)[O-])NC(=O)c1ccc2c(c1)C(C)(C)C(=CC=CC1=[N+](C)c3ccccc3C1(C)C)N2C. The maximum atomic E-state index is 13.1. The van der Waals surface area contributed by atoms with E-state index in [-0.39, 0.29) is 121 Å². The molecule has 732 valence electrons. The first kappa shape index (κ1) is 107. The number of ether oxygens (including phenoxy) is 4. The molecule has 2 aliphatic heterocycles. The van der Waals surface area contributed by atoms with Gasteiger partial charge in [0, 0.05) is 180 Å². The minimum Gasteiger partial charge on any atom is -0.779 e. The number of methoxy groups -OCH3 is 4. The summed E-state index contributed by atoms with van der Waals surface area (Å²) in [7, 11) is -2.07. The second-order valence-electron chi connectivity index (χ2n) is 34.7. The van der Waals surface area contributed by atoms with Crippen LogP contribution < -0.4 is 50.6 Å². The summed E-state index contributed by atoms with van der Waals surface area (Å²) >= 11 is 0. The molecule has 4 N–H and O–H groups in total. The quantitative estimate of drug-likeness (QED) is 0.00419. The third-order valence-electron chi connectivity index (χ3n) is 23.1. The van der Waals surface area contributed by atoms with Gasteiger partial charge in [-0.1, -0.05) is 135 Å². The van der Waals surface area contributed by atoms with Crippen LogP contribution in [-0.2, 0) is 70.9 Å². The average Bonchev–Trinajstić information content (AvgIpc) is 1.53. The summed E-state index contributed by atoms with van der Waals surface area (Å²) in [5.74, 6) is 4.02. The van der Waals surface area contributed by atoms with E-state index in [0.29, 0.717) is 28.8 Å². The summed E-state index contributed by atoms with van der Waals surface area (Å²) in [6, 6.07) is 56.5. The Balaban J connectivity index is 0.000000179. The lowest BCUT2D eigenvalue weighted by atomic mass is 9.81. The van der Waals surface area contributed by atoms with Crippen LogP contribution in [0.15, 0.2) is 228 Å². The highest BCUT2D eigenvalue weighted by Crippen LogP contribution is 2.49. The Hall–Kier alpha value is -12.3. The summed E-state index contributed by atoms with van der Waals surface area (Å²) in [5, 5.41) is 39.9. The van der Waals surface area contributed by atoms with Gasteiger partial charge in [0.25, 0.3) is 23.4 Å². The van der Waals surface area contributed by atoms with Crippen molar-refractivity contribution in [2.75, 3.05) is 146 Å². The van der Waals surface area contributed by atoms with Crippen molar-refractivity contribution in [3.05, 3.63) is 284 Å². The topological polar surface area (TPSA) is 462 Å². The van der Waals surface area contributed by atoms with E-state index in [2.05, 4.69) is 197 Å². The molecule has 14 rings (SSSR count). The van der Waals surface area contributed by atoms with E-state index in [0.717, 1.165) is 66.3 Å². The van der Waals surface area contributed by atoms with Crippen molar-refractivity contribution < 1.29 is 113 Å². The number of nitrogens with zero attached hydrogens (tertiary/aromatic N) is 6. The van der Waals surface area contributed by atoms with E-state index >= 15 is 0 Å². The summed E-state index contributed by atoms with van der Waals surface area (Å²) in [4.78, 5) is 136. The van der Waals surface area contributed by atoms with Crippen LogP contribution in [0.2, 0.25) is 0 Å². The smallest absolute Gasteiger partial charge is 0.297 e. The number of nitro groups is 1. The number of hydrogen-bond donors (Lipinski definition) is 4. The fraction of sp³-hybridized carbons (Fsp3) is 0.317. The molecule has 11 aromatic carbocycles. The molecule has 2 heterocycles. The molecule has 0 radical (unpaired) electrons. The highest BCUT2D eigenvalue weighted by atomic mass is 31.2. The zero-order chi connectivity index (χ0) is 101. The molecule has 8 atom stereocenters. The number of ketones is 2. The highest BCUT2D eigenvalue weighted by Gasteiger charge is 2.44. The standard InChI is InChI=1S/C31H40N3O5P.C30H28NO5P.C20H26N5O7P.C20H20NO7P/c1-30(2)23-12-9-10-13-25(23)33(5)27(30)14-11-15-28-31(3,4)24-18-21(16-17-26(24)34(28)6)29(35)32-22(19-38-7)20-39-40(8,36)37;1-35-18-22(19-36-37(2,33)34)31-28(32)15-4-3-8-20-16-17-27-25-13-6-10-21-9-5-12-24(29(21)25)26-14-7-11-23(20)30(26)27;1-24(2)17-8-6-15(7-9-17)22-23-18-10-5-14(11-19(18)25(27)28)20(26)21-16(12-31-3)13-32-33(4,29)30;1-27-10-13(11-28-29(2,25)26)21-20(24)12-7-8-16-17(9-12)19(23)15-6-4-3-5-14(15)18(16)22/h9-18,22H,19-20H2,1-8H3,(H-,32,35,36,37);5-7,9-14,16-17,22H,4,15,18-19H2,1-2H3,(H,31,32)(H,33,34);5-11,16H,12-13H2,1-4H3,(H,21,26)(H,29,30);3-9,13H,10-11H2,1-2H3,(H,21,24)(H,25,26)/p-3/t2*22-;16-;13-/m0000/s1. The highest BCUT2D eigenvalue weighted by molar-refractivity contribution is 7.51. The number of nitro benzene ring substituents is 1. The fourth-order valence-corrected chi connectivity index (χ4v) is 18.3. The van der Waals surface area contributed by atoms with Gasteiger partial charge in [-0.25, -0.2) is 0 Å². The van der Waals surface area contributed by atoms with Crippen molar-refractivity contribution in [3.8, 4) is 11.8 Å². The second kappa shape index (κ2) is 46.6. The van der Waals surface area contributed by atoms with Gasteiger partial charge in [-0.05, 0) is 147 Å². The van der Waals surface area contributed by atoms with Gasteiger partial charge in [-0.15, -0.1) is 5.11 Å². The van der Waals surface area contributed by atoms with Gasteiger partial charge >= 0.3 is 0 Å². The van der Waals surface area contributed by atoms with Gasteiger partial charge in [0.2, 0.25) is 11.6 Å². The largest absolute Gasteiger partial charge is 0.779 e. The van der Waals surface area contributed by atoms with E-state index in [1.165, 1.54) is 113 Å². The minimum atomic E-state index is -4.00. The van der Waals surface area contributed by atoms with Crippen LogP contribution in [0.5, 0.6) is 0 Å². The van der Waals surface area contributed by atoms with Crippen molar-refractivity contribution >= 4 is 149 Å². The van der Waals surface area contributed by atoms with E-state index in [4.69, 9.17) is 37.0 Å². The van der Waals surface area contributed by atoms with Crippen molar-refractivity contribution in [3.63, 3.8) is 0 Å². The van der Waals surface area contributed by atoms with Crippen LogP contribution in [-0.4, -0.2) is 211 Å². The number of allylic oxidation sites excluding steroid dienone is 4. The lowest BCUT2D eigenvalue weighted by Gasteiger charge is -2.24. The van der Waals surface area contributed by atoms with Crippen LogP contribution in [0.25, 0.3) is 43.1 Å². The number of carbonyl (C=O) groups is 6. The van der Waals surface area contributed by atoms with E-state index in [1.807, 2.05) is 50.3 Å². The van der Waals surface area contributed by atoms with Crippen LogP contribution >= 0.6 is 30.4 Å². The van der Waals surface area contributed by atoms with E-state index < -0.39 is 77.0 Å². The zero-order valence-electron chi connectivity index (χ0n) is 79.9. The first-order valence-electron chi connectivity index (χ1n) is 44.0. The predicted molar refractivity (Wildman–Crippen MR) is 528 cm³/mol.